The van der Waals surface area contributed by atoms with Crippen LogP contribution in [0.25, 0.3) is 22.5 Å². The average Bonchev–Trinajstić information content (AvgIpc) is 2.81. The van der Waals surface area contributed by atoms with Gasteiger partial charge < -0.3 is 5.73 Å². The standard InChI is InChI=1S/C14H10F2N4/c15-9-3-1-2-8(6-9)12-13(19-20-14(12)17)11-5-4-10(16)7-18-11/h1-7H,(H3,17,19,20). The van der Waals surface area contributed by atoms with Crippen molar-refractivity contribution in [2.24, 2.45) is 0 Å². The van der Waals surface area contributed by atoms with E-state index in [0.29, 0.717) is 22.5 Å². The molecule has 1 aromatic carbocycles. The Hall–Kier alpha value is -2.76. The third kappa shape index (κ3) is 2.11. The molecule has 0 bridgehead atoms. The lowest BCUT2D eigenvalue weighted by atomic mass is 10.0. The first-order valence-electron chi connectivity index (χ1n) is 5.87. The van der Waals surface area contributed by atoms with Gasteiger partial charge in [-0.2, -0.15) is 5.10 Å². The molecule has 4 nitrogen and oxygen atoms in total. The zero-order valence-corrected chi connectivity index (χ0v) is 10.3. The minimum Gasteiger partial charge on any atom is -0.382 e. The highest BCUT2D eigenvalue weighted by Crippen LogP contribution is 2.33. The molecular formula is C14H10F2N4. The Balaban J connectivity index is 2.17. The van der Waals surface area contributed by atoms with E-state index in [2.05, 4.69) is 15.2 Å². The van der Waals surface area contributed by atoms with Gasteiger partial charge in [0.15, 0.2) is 5.82 Å². The molecule has 0 aliphatic carbocycles. The number of aromatic nitrogens is 3. The Morgan fingerprint density at radius 1 is 1.05 bits per heavy atom. The summed E-state index contributed by atoms with van der Waals surface area (Å²) in [4.78, 5) is 3.97. The van der Waals surface area contributed by atoms with E-state index in [1.165, 1.54) is 24.3 Å². The van der Waals surface area contributed by atoms with Crippen molar-refractivity contribution in [1.29, 1.82) is 0 Å². The Morgan fingerprint density at radius 3 is 2.60 bits per heavy atom. The summed E-state index contributed by atoms with van der Waals surface area (Å²) in [7, 11) is 0. The molecule has 0 atom stereocenters. The van der Waals surface area contributed by atoms with Crippen molar-refractivity contribution in [3.63, 3.8) is 0 Å². The van der Waals surface area contributed by atoms with E-state index in [1.807, 2.05) is 0 Å². The van der Waals surface area contributed by atoms with Crippen LogP contribution in [0.15, 0.2) is 42.6 Å². The topological polar surface area (TPSA) is 67.6 Å². The smallest absolute Gasteiger partial charge is 0.153 e. The number of H-pyrrole nitrogens is 1. The first-order valence-corrected chi connectivity index (χ1v) is 5.87. The highest BCUT2D eigenvalue weighted by molar-refractivity contribution is 5.86. The van der Waals surface area contributed by atoms with Crippen molar-refractivity contribution in [2.75, 3.05) is 5.73 Å². The second-order valence-electron chi connectivity index (χ2n) is 4.23. The SMILES string of the molecule is Nc1n[nH]c(-c2ccc(F)cn2)c1-c1cccc(F)c1. The van der Waals surface area contributed by atoms with Crippen molar-refractivity contribution in [3.05, 3.63) is 54.2 Å². The highest BCUT2D eigenvalue weighted by Gasteiger charge is 2.16. The van der Waals surface area contributed by atoms with Crippen LogP contribution >= 0.6 is 0 Å². The van der Waals surface area contributed by atoms with E-state index < -0.39 is 5.82 Å². The van der Waals surface area contributed by atoms with Crippen LogP contribution in [0.5, 0.6) is 0 Å². The second kappa shape index (κ2) is 4.73. The van der Waals surface area contributed by atoms with Crippen molar-refractivity contribution in [2.45, 2.75) is 0 Å². The average molecular weight is 272 g/mol. The molecule has 3 N–H and O–H groups in total. The molecule has 0 saturated heterocycles. The molecule has 20 heavy (non-hydrogen) atoms. The number of nitrogens with two attached hydrogens (primary N) is 1. The minimum absolute atomic E-state index is 0.233. The number of aromatic amines is 1. The number of hydrogen-bond acceptors (Lipinski definition) is 3. The third-order valence-corrected chi connectivity index (χ3v) is 2.89. The first-order chi connectivity index (χ1) is 9.65. The molecule has 100 valence electrons. The van der Waals surface area contributed by atoms with Crippen LogP contribution in [0.4, 0.5) is 14.6 Å². The number of rotatable bonds is 2. The number of pyridine rings is 1. The van der Waals surface area contributed by atoms with Crippen LogP contribution in [0, 0.1) is 11.6 Å². The minimum atomic E-state index is -0.437. The van der Waals surface area contributed by atoms with Crippen LogP contribution < -0.4 is 5.73 Å². The quantitative estimate of drug-likeness (QED) is 0.753. The van der Waals surface area contributed by atoms with E-state index >= 15 is 0 Å². The van der Waals surface area contributed by atoms with Crippen LogP contribution in [0.2, 0.25) is 0 Å². The molecule has 6 heteroatoms. The lowest BCUT2D eigenvalue weighted by molar-refractivity contribution is 0.622. The molecule has 0 saturated carbocycles. The molecule has 0 fully saturated rings. The van der Waals surface area contributed by atoms with Crippen LogP contribution in [0.1, 0.15) is 0 Å². The fourth-order valence-electron chi connectivity index (χ4n) is 2.00. The summed E-state index contributed by atoms with van der Waals surface area (Å²) < 4.78 is 26.3. The summed E-state index contributed by atoms with van der Waals surface area (Å²) in [6.07, 6.45) is 1.10. The molecule has 0 aliphatic rings. The maximum Gasteiger partial charge on any atom is 0.153 e. The Morgan fingerprint density at radius 2 is 1.90 bits per heavy atom. The fraction of sp³-hybridized carbons (Fsp3) is 0. The number of halogens is 2. The number of anilines is 1. The maximum absolute atomic E-state index is 13.3. The predicted octanol–water partition coefficient (Wildman–Crippen LogP) is 3.00. The number of nitrogen functional groups attached to an aromatic ring is 1. The molecule has 2 aromatic heterocycles. The van der Waals surface area contributed by atoms with Gasteiger partial charge in [-0.3, -0.25) is 10.1 Å². The van der Waals surface area contributed by atoms with Crippen molar-refractivity contribution in [1.82, 2.24) is 15.2 Å². The third-order valence-electron chi connectivity index (χ3n) is 2.89. The summed E-state index contributed by atoms with van der Waals surface area (Å²) in [6.45, 7) is 0. The summed E-state index contributed by atoms with van der Waals surface area (Å²) in [5.41, 5.74) is 7.95. The molecule has 2 heterocycles. The van der Waals surface area contributed by atoms with Gasteiger partial charge in [-0.15, -0.1) is 0 Å². The molecule has 0 amide bonds. The molecule has 0 radical (unpaired) electrons. The van der Waals surface area contributed by atoms with Crippen molar-refractivity contribution >= 4 is 5.82 Å². The van der Waals surface area contributed by atoms with Gasteiger partial charge in [-0.1, -0.05) is 12.1 Å². The second-order valence-corrected chi connectivity index (χ2v) is 4.23. The molecule has 3 rings (SSSR count). The van der Waals surface area contributed by atoms with Gasteiger partial charge in [0.1, 0.15) is 11.6 Å². The Labute approximate surface area is 113 Å². The lowest BCUT2D eigenvalue weighted by Gasteiger charge is -2.04. The monoisotopic (exact) mass is 272 g/mol. The summed E-state index contributed by atoms with van der Waals surface area (Å²) in [5, 5.41) is 6.66. The van der Waals surface area contributed by atoms with Gasteiger partial charge in [0.2, 0.25) is 0 Å². The van der Waals surface area contributed by atoms with Crippen LogP contribution in [0.3, 0.4) is 0 Å². The van der Waals surface area contributed by atoms with Gasteiger partial charge >= 0.3 is 0 Å². The van der Waals surface area contributed by atoms with E-state index in [0.717, 1.165) is 6.20 Å². The van der Waals surface area contributed by atoms with E-state index in [4.69, 9.17) is 5.73 Å². The van der Waals surface area contributed by atoms with Gasteiger partial charge in [-0.05, 0) is 29.8 Å². The summed E-state index contributed by atoms with van der Waals surface area (Å²) >= 11 is 0. The fourth-order valence-corrected chi connectivity index (χ4v) is 2.00. The van der Waals surface area contributed by atoms with Crippen molar-refractivity contribution in [3.8, 4) is 22.5 Å². The van der Waals surface area contributed by atoms with Crippen LogP contribution in [-0.4, -0.2) is 15.2 Å². The number of nitrogens with zero attached hydrogens (tertiary/aromatic N) is 2. The van der Waals surface area contributed by atoms with E-state index in [-0.39, 0.29) is 11.6 Å². The molecule has 0 unspecified atom stereocenters. The number of hydrogen-bond donors (Lipinski definition) is 2. The van der Waals surface area contributed by atoms with E-state index in [9.17, 15) is 8.78 Å². The van der Waals surface area contributed by atoms with Crippen molar-refractivity contribution < 1.29 is 8.78 Å². The lowest BCUT2D eigenvalue weighted by Crippen LogP contribution is -1.91. The van der Waals surface area contributed by atoms with E-state index in [1.54, 1.807) is 12.1 Å². The molecule has 0 spiro atoms. The summed E-state index contributed by atoms with van der Waals surface area (Å²) in [6, 6.07) is 8.79. The molecular weight excluding hydrogens is 262 g/mol. The molecule has 0 aliphatic heterocycles. The normalized spacial score (nSPS) is 10.7. The van der Waals surface area contributed by atoms with Gasteiger partial charge in [0.05, 0.1) is 23.1 Å². The van der Waals surface area contributed by atoms with Gasteiger partial charge in [-0.25, -0.2) is 8.78 Å². The van der Waals surface area contributed by atoms with Gasteiger partial charge in [0.25, 0.3) is 0 Å². The van der Waals surface area contributed by atoms with Gasteiger partial charge in [0, 0.05) is 0 Å². The summed E-state index contributed by atoms with van der Waals surface area (Å²) in [5.74, 6) is -0.577. The maximum atomic E-state index is 13.3. The first kappa shape index (κ1) is 12.3. The molecule has 3 aromatic rings. The Bertz CT molecular complexity index is 750. The largest absolute Gasteiger partial charge is 0.382 e. The van der Waals surface area contributed by atoms with Crippen LogP contribution in [-0.2, 0) is 0 Å². The zero-order chi connectivity index (χ0) is 14.1. The predicted molar refractivity (Wildman–Crippen MR) is 71.6 cm³/mol. The number of nitrogens with one attached hydrogen (secondary N) is 1. The Kier molecular flexibility index (Phi) is 2.90. The number of benzene rings is 1. The highest BCUT2D eigenvalue weighted by atomic mass is 19.1. The zero-order valence-electron chi connectivity index (χ0n) is 10.3.